The van der Waals surface area contributed by atoms with Gasteiger partial charge in [0.15, 0.2) is 11.5 Å². The molecule has 0 aliphatic heterocycles. The number of nitrogens with two attached hydrogens (primary N) is 1. The zero-order valence-corrected chi connectivity index (χ0v) is 25.2. The molecule has 0 saturated carbocycles. The summed E-state index contributed by atoms with van der Waals surface area (Å²) in [6.45, 7) is 17.9. The van der Waals surface area contributed by atoms with E-state index in [2.05, 4.69) is 0 Å². The van der Waals surface area contributed by atoms with Gasteiger partial charge in [-0.2, -0.15) is 0 Å². The molecule has 9 nitrogen and oxygen atoms in total. The summed E-state index contributed by atoms with van der Waals surface area (Å²) in [5.74, 6) is -1.64. The standard InChI is InChI=1S/C30H47NO8/c1-11-29(7,8)27(34)38-23-14-13-21(17-24(23)39-28(35)30(9,10)12-2)16-22(31)26(33)37-20(6)19(5)36-25(32)15-18(3)4/h13-14,17-20,22H,11-12,15-16,31H2,1-10H3/t19-,20-,22-/m0/s1. The number of carbonyl (C=O) groups is 4. The van der Waals surface area contributed by atoms with E-state index in [0.29, 0.717) is 18.4 Å². The molecule has 2 N–H and O–H groups in total. The second-order valence-electron chi connectivity index (χ2n) is 11.8. The first-order valence-corrected chi connectivity index (χ1v) is 13.7. The van der Waals surface area contributed by atoms with Crippen molar-refractivity contribution in [3.05, 3.63) is 23.8 Å². The molecule has 0 fully saturated rings. The topological polar surface area (TPSA) is 131 Å². The summed E-state index contributed by atoms with van der Waals surface area (Å²) in [4.78, 5) is 50.1. The number of hydrogen-bond acceptors (Lipinski definition) is 9. The molecule has 0 bridgehead atoms. The maximum absolute atomic E-state index is 12.8. The van der Waals surface area contributed by atoms with Gasteiger partial charge in [-0.25, -0.2) is 0 Å². The van der Waals surface area contributed by atoms with Crippen LogP contribution in [0.2, 0.25) is 0 Å². The van der Waals surface area contributed by atoms with Crippen molar-refractivity contribution in [3.63, 3.8) is 0 Å². The van der Waals surface area contributed by atoms with Crippen molar-refractivity contribution in [2.75, 3.05) is 0 Å². The van der Waals surface area contributed by atoms with Crippen LogP contribution in [0, 0.1) is 16.7 Å². The van der Waals surface area contributed by atoms with Crippen LogP contribution >= 0.6 is 0 Å². The van der Waals surface area contributed by atoms with Gasteiger partial charge in [-0.15, -0.1) is 0 Å². The first kappa shape index (κ1) is 34.1. The Bertz CT molecular complexity index is 1010. The Kier molecular flexibility index (Phi) is 12.6. The number of ether oxygens (including phenoxy) is 4. The summed E-state index contributed by atoms with van der Waals surface area (Å²) in [5.41, 5.74) is 5.22. The third-order valence-corrected chi connectivity index (χ3v) is 6.90. The van der Waals surface area contributed by atoms with E-state index in [-0.39, 0.29) is 36.2 Å². The maximum atomic E-state index is 12.8. The first-order valence-electron chi connectivity index (χ1n) is 13.7. The minimum Gasteiger partial charge on any atom is -0.459 e. The molecule has 3 atom stereocenters. The second kappa shape index (κ2) is 14.4. The van der Waals surface area contributed by atoms with Gasteiger partial charge in [0, 0.05) is 6.42 Å². The molecule has 39 heavy (non-hydrogen) atoms. The van der Waals surface area contributed by atoms with Gasteiger partial charge in [0.05, 0.1) is 10.8 Å². The van der Waals surface area contributed by atoms with E-state index in [9.17, 15) is 19.2 Å². The highest BCUT2D eigenvalue weighted by atomic mass is 16.6. The molecular formula is C30H47NO8. The van der Waals surface area contributed by atoms with Crippen LogP contribution in [0.5, 0.6) is 11.5 Å². The van der Waals surface area contributed by atoms with E-state index in [1.807, 2.05) is 27.7 Å². The van der Waals surface area contributed by atoms with Crippen molar-refractivity contribution in [2.45, 2.75) is 113 Å². The predicted molar refractivity (Wildman–Crippen MR) is 148 cm³/mol. The summed E-state index contributed by atoms with van der Waals surface area (Å²) in [6, 6.07) is 3.68. The number of benzene rings is 1. The molecule has 0 spiro atoms. The molecule has 0 aromatic heterocycles. The quantitative estimate of drug-likeness (QED) is 0.247. The van der Waals surface area contributed by atoms with Gasteiger partial charge in [-0.1, -0.05) is 33.8 Å². The molecule has 1 rings (SSSR count). The fourth-order valence-corrected chi connectivity index (χ4v) is 3.00. The lowest BCUT2D eigenvalue weighted by Gasteiger charge is -2.24. The molecule has 0 amide bonds. The number of carbonyl (C=O) groups excluding carboxylic acids is 4. The Labute approximate surface area is 233 Å². The second-order valence-corrected chi connectivity index (χ2v) is 11.8. The summed E-state index contributed by atoms with van der Waals surface area (Å²) in [7, 11) is 0. The van der Waals surface area contributed by atoms with Crippen molar-refractivity contribution >= 4 is 23.9 Å². The summed E-state index contributed by atoms with van der Waals surface area (Å²) >= 11 is 0. The lowest BCUT2D eigenvalue weighted by atomic mass is 9.90. The number of hydrogen-bond donors (Lipinski definition) is 1. The minimum atomic E-state index is -1.03. The zero-order chi connectivity index (χ0) is 30.1. The summed E-state index contributed by atoms with van der Waals surface area (Å²) < 4.78 is 22.1. The van der Waals surface area contributed by atoms with Gasteiger partial charge in [0.25, 0.3) is 0 Å². The summed E-state index contributed by atoms with van der Waals surface area (Å²) in [6.07, 6.45) is 0.117. The maximum Gasteiger partial charge on any atom is 0.323 e. The molecule has 0 radical (unpaired) electrons. The van der Waals surface area contributed by atoms with E-state index in [1.54, 1.807) is 47.6 Å². The normalized spacial score (nSPS) is 14.3. The van der Waals surface area contributed by atoms with Crippen LogP contribution in [-0.4, -0.2) is 42.1 Å². The molecule has 9 heteroatoms. The third kappa shape index (κ3) is 10.6. The zero-order valence-electron chi connectivity index (χ0n) is 25.2. The molecule has 0 heterocycles. The fourth-order valence-electron chi connectivity index (χ4n) is 3.00. The monoisotopic (exact) mass is 549 g/mol. The van der Waals surface area contributed by atoms with Crippen LogP contribution in [-0.2, 0) is 35.1 Å². The van der Waals surface area contributed by atoms with Crippen molar-refractivity contribution in [3.8, 4) is 11.5 Å². The first-order chi connectivity index (χ1) is 17.9. The third-order valence-electron chi connectivity index (χ3n) is 6.90. The highest BCUT2D eigenvalue weighted by Gasteiger charge is 2.32. The van der Waals surface area contributed by atoms with Gasteiger partial charge in [0.2, 0.25) is 0 Å². The molecule has 220 valence electrons. The Morgan fingerprint density at radius 3 is 1.77 bits per heavy atom. The van der Waals surface area contributed by atoms with Crippen molar-refractivity contribution in [2.24, 2.45) is 22.5 Å². The molecule has 1 aromatic rings. The van der Waals surface area contributed by atoms with Crippen LogP contribution in [0.3, 0.4) is 0 Å². The molecular weight excluding hydrogens is 502 g/mol. The van der Waals surface area contributed by atoms with E-state index >= 15 is 0 Å². The molecule has 1 aromatic carbocycles. The number of esters is 4. The Morgan fingerprint density at radius 2 is 1.28 bits per heavy atom. The average Bonchev–Trinajstić information content (AvgIpc) is 2.84. The van der Waals surface area contributed by atoms with Crippen LogP contribution in [0.25, 0.3) is 0 Å². The predicted octanol–water partition coefficient (Wildman–Crippen LogP) is 5.15. The lowest BCUT2D eigenvalue weighted by molar-refractivity contribution is -0.166. The van der Waals surface area contributed by atoms with E-state index in [0.717, 1.165) is 0 Å². The Morgan fingerprint density at radius 1 is 0.795 bits per heavy atom. The fraction of sp³-hybridized carbons (Fsp3) is 0.667. The van der Waals surface area contributed by atoms with Crippen molar-refractivity contribution in [1.82, 2.24) is 0 Å². The van der Waals surface area contributed by atoms with Gasteiger partial charge in [-0.3, -0.25) is 19.2 Å². The van der Waals surface area contributed by atoms with Crippen LogP contribution in [0.4, 0.5) is 0 Å². The lowest BCUT2D eigenvalue weighted by Crippen LogP contribution is -2.39. The van der Waals surface area contributed by atoms with Gasteiger partial charge in [0.1, 0.15) is 18.2 Å². The molecule has 0 saturated heterocycles. The van der Waals surface area contributed by atoms with Gasteiger partial charge in [-0.05, 0) is 84.4 Å². The molecule has 0 aliphatic rings. The molecule has 0 aliphatic carbocycles. The molecule has 0 unspecified atom stereocenters. The minimum absolute atomic E-state index is 0.0684. The highest BCUT2D eigenvalue weighted by Crippen LogP contribution is 2.34. The highest BCUT2D eigenvalue weighted by molar-refractivity contribution is 5.81. The Hall–Kier alpha value is -2.94. The van der Waals surface area contributed by atoms with Crippen molar-refractivity contribution in [1.29, 1.82) is 0 Å². The van der Waals surface area contributed by atoms with E-state index in [4.69, 9.17) is 24.7 Å². The van der Waals surface area contributed by atoms with E-state index < -0.39 is 47.0 Å². The smallest absolute Gasteiger partial charge is 0.323 e. The van der Waals surface area contributed by atoms with Crippen LogP contribution < -0.4 is 15.2 Å². The largest absolute Gasteiger partial charge is 0.459 e. The van der Waals surface area contributed by atoms with Gasteiger partial charge >= 0.3 is 23.9 Å². The van der Waals surface area contributed by atoms with Crippen molar-refractivity contribution < 1.29 is 38.1 Å². The average molecular weight is 550 g/mol. The number of rotatable bonds is 14. The Balaban J connectivity index is 3.06. The van der Waals surface area contributed by atoms with E-state index in [1.165, 1.54) is 12.1 Å². The van der Waals surface area contributed by atoms with Crippen LogP contribution in [0.1, 0.15) is 94.1 Å². The summed E-state index contributed by atoms with van der Waals surface area (Å²) in [5, 5.41) is 0. The SMILES string of the molecule is CCC(C)(C)C(=O)Oc1ccc(C[C@H](N)C(=O)O[C@@H](C)[C@H](C)OC(=O)CC(C)C)cc1OC(=O)C(C)(C)CC. The van der Waals surface area contributed by atoms with Crippen LogP contribution in [0.15, 0.2) is 18.2 Å². The van der Waals surface area contributed by atoms with Gasteiger partial charge < -0.3 is 24.7 Å².